The van der Waals surface area contributed by atoms with Crippen LogP contribution >= 0.6 is 0 Å². The number of nitrogens with zero attached hydrogens (tertiary/aromatic N) is 4. The van der Waals surface area contributed by atoms with Crippen LogP contribution in [0.3, 0.4) is 0 Å². The topological polar surface area (TPSA) is 74.0 Å². The Bertz CT molecular complexity index is 1470. The molecular weight excluding hydrogens is 388 g/mol. The number of fused-ring (bicyclic) bond motifs is 5. The van der Waals surface area contributed by atoms with Gasteiger partial charge in [0.2, 0.25) is 0 Å². The van der Waals surface area contributed by atoms with Crippen LogP contribution in [0.15, 0.2) is 84.1 Å². The number of rotatable bonds is 3. The number of carbonyl (C=O) groups excluding carboxylic acids is 1. The quantitative estimate of drug-likeness (QED) is 0.508. The van der Waals surface area contributed by atoms with Gasteiger partial charge in [-0.3, -0.25) is 15.6 Å². The Kier molecular flexibility index (Phi) is 3.07. The first-order chi connectivity index (χ1) is 15.3. The van der Waals surface area contributed by atoms with Crippen molar-refractivity contribution in [2.24, 2.45) is 10.9 Å². The number of hydrogen-bond donors (Lipinski definition) is 2. The Balaban J connectivity index is 1.24. The Morgan fingerprint density at radius 1 is 1.03 bits per heavy atom. The van der Waals surface area contributed by atoms with E-state index in [-0.39, 0.29) is 11.4 Å². The fourth-order valence-electron chi connectivity index (χ4n) is 5.00. The Morgan fingerprint density at radius 2 is 1.87 bits per heavy atom. The van der Waals surface area contributed by atoms with Crippen LogP contribution in [0.2, 0.25) is 0 Å². The van der Waals surface area contributed by atoms with Crippen molar-refractivity contribution in [2.75, 3.05) is 10.3 Å². The summed E-state index contributed by atoms with van der Waals surface area (Å²) in [6.45, 7) is 0. The predicted octanol–water partition coefficient (Wildman–Crippen LogP) is 3.81. The van der Waals surface area contributed by atoms with Crippen LogP contribution in [0.1, 0.15) is 6.42 Å². The fraction of sp³-hybridized carbons (Fsp3) is 0.125. The lowest BCUT2D eigenvalue weighted by molar-refractivity contribution is -0.114. The minimum absolute atomic E-state index is 0.231. The van der Waals surface area contributed by atoms with Gasteiger partial charge in [0.25, 0.3) is 5.91 Å². The number of hydrazine groups is 1. The lowest BCUT2D eigenvalue weighted by atomic mass is 10.0. The summed E-state index contributed by atoms with van der Waals surface area (Å²) in [4.78, 5) is 25.0. The van der Waals surface area contributed by atoms with E-state index in [1.54, 1.807) is 0 Å². The van der Waals surface area contributed by atoms with Crippen LogP contribution in [-0.4, -0.2) is 26.5 Å². The van der Waals surface area contributed by atoms with Gasteiger partial charge in [0.05, 0.1) is 33.5 Å². The molecule has 1 fully saturated rings. The number of benzene rings is 2. The van der Waals surface area contributed by atoms with Crippen LogP contribution in [-0.2, 0) is 4.79 Å². The highest BCUT2D eigenvalue weighted by atomic mass is 16.2. The number of amides is 1. The van der Waals surface area contributed by atoms with Crippen molar-refractivity contribution < 1.29 is 4.79 Å². The largest absolute Gasteiger partial charge is 0.334 e. The van der Waals surface area contributed by atoms with Crippen molar-refractivity contribution >= 4 is 45.4 Å². The van der Waals surface area contributed by atoms with Gasteiger partial charge in [-0.15, -0.1) is 0 Å². The molecule has 1 amide bonds. The lowest BCUT2D eigenvalue weighted by Gasteiger charge is -2.34. The monoisotopic (exact) mass is 406 g/mol. The Labute approximate surface area is 177 Å². The Morgan fingerprint density at radius 3 is 2.81 bits per heavy atom. The third-order valence-electron chi connectivity index (χ3n) is 6.54. The maximum Gasteiger partial charge on any atom is 0.286 e. The van der Waals surface area contributed by atoms with E-state index in [2.05, 4.69) is 38.5 Å². The number of carbonyl (C=O) groups is 1. The van der Waals surface area contributed by atoms with Gasteiger partial charge in [-0.05, 0) is 42.8 Å². The highest BCUT2D eigenvalue weighted by Gasteiger charge is 2.66. The molecule has 7 heteroatoms. The Hall–Kier alpha value is -4.13. The van der Waals surface area contributed by atoms with E-state index < -0.39 is 0 Å². The molecule has 0 saturated heterocycles. The molecule has 2 unspecified atom stereocenters. The lowest BCUT2D eigenvalue weighted by Crippen LogP contribution is -2.50. The van der Waals surface area contributed by atoms with Gasteiger partial charge < -0.3 is 9.30 Å². The van der Waals surface area contributed by atoms with Crippen molar-refractivity contribution in [1.29, 1.82) is 0 Å². The number of aliphatic imine (C=N–C) groups is 1. The standard InChI is InChI=1S/C24H18N6O/c31-23(21-24-14-15(24)11-13-30(24)19-9-4-2-7-17(19)25-21)28-27-22-20-10-5-12-29(20)18-8-3-1-6-16(18)26-22/h1-13,15H,14H2,(H,26,27)(H,28,31). The number of anilines is 2. The molecule has 7 nitrogen and oxygen atoms in total. The summed E-state index contributed by atoms with van der Waals surface area (Å²) in [5, 5.41) is 0. The third kappa shape index (κ3) is 2.15. The van der Waals surface area contributed by atoms with Crippen molar-refractivity contribution in [1.82, 2.24) is 14.8 Å². The summed E-state index contributed by atoms with van der Waals surface area (Å²) in [5.74, 6) is 0.687. The van der Waals surface area contributed by atoms with Gasteiger partial charge in [-0.25, -0.2) is 9.98 Å². The maximum atomic E-state index is 13.3. The van der Waals surface area contributed by atoms with E-state index in [0.29, 0.717) is 17.4 Å². The van der Waals surface area contributed by atoms with E-state index in [4.69, 9.17) is 9.98 Å². The summed E-state index contributed by atoms with van der Waals surface area (Å²) in [6.07, 6.45) is 7.15. The number of aromatic nitrogens is 2. The van der Waals surface area contributed by atoms with Gasteiger partial charge in [0, 0.05) is 18.3 Å². The molecule has 2 aliphatic heterocycles. The van der Waals surface area contributed by atoms with Crippen LogP contribution in [0.4, 0.5) is 17.2 Å². The SMILES string of the molecule is O=C(NNc1nc2ccccc2n2cccc12)C1=Nc2ccccc2N2C=CC3CC132. The van der Waals surface area contributed by atoms with Gasteiger partial charge in [0.1, 0.15) is 5.71 Å². The number of nitrogens with one attached hydrogen (secondary N) is 2. The normalized spacial score (nSPS) is 22.6. The maximum absolute atomic E-state index is 13.3. The van der Waals surface area contributed by atoms with Crippen molar-refractivity contribution in [2.45, 2.75) is 12.0 Å². The van der Waals surface area contributed by atoms with E-state index in [0.717, 1.165) is 34.3 Å². The van der Waals surface area contributed by atoms with E-state index in [9.17, 15) is 4.79 Å². The second-order valence-electron chi connectivity index (χ2n) is 8.19. The van der Waals surface area contributed by atoms with E-state index >= 15 is 0 Å². The van der Waals surface area contributed by atoms with E-state index in [1.165, 1.54) is 0 Å². The molecule has 31 heavy (non-hydrogen) atoms. The molecule has 3 aliphatic rings. The molecule has 2 aromatic carbocycles. The van der Waals surface area contributed by atoms with Crippen molar-refractivity contribution in [3.63, 3.8) is 0 Å². The first-order valence-corrected chi connectivity index (χ1v) is 10.3. The summed E-state index contributed by atoms with van der Waals surface area (Å²) >= 11 is 0. The van der Waals surface area contributed by atoms with E-state index in [1.807, 2.05) is 60.8 Å². The zero-order valence-corrected chi connectivity index (χ0v) is 16.5. The second kappa shape index (κ2) is 5.72. The fourth-order valence-corrected chi connectivity index (χ4v) is 5.00. The number of para-hydroxylation sites is 4. The molecule has 7 rings (SSSR count). The smallest absolute Gasteiger partial charge is 0.286 e. The minimum atomic E-state index is -0.360. The third-order valence-corrected chi connectivity index (χ3v) is 6.54. The first-order valence-electron chi connectivity index (χ1n) is 10.3. The van der Waals surface area contributed by atoms with Crippen LogP contribution < -0.4 is 15.8 Å². The van der Waals surface area contributed by atoms with Gasteiger partial charge >= 0.3 is 0 Å². The highest BCUT2D eigenvalue weighted by Crippen LogP contribution is 2.59. The molecule has 0 bridgehead atoms. The van der Waals surface area contributed by atoms with Crippen LogP contribution in [0.25, 0.3) is 16.6 Å². The van der Waals surface area contributed by atoms with Gasteiger partial charge in [-0.2, -0.15) is 0 Å². The first kappa shape index (κ1) is 16.6. The van der Waals surface area contributed by atoms with Crippen LogP contribution in [0, 0.1) is 5.92 Å². The predicted molar refractivity (Wildman–Crippen MR) is 120 cm³/mol. The molecule has 2 aromatic heterocycles. The average Bonchev–Trinajstić information content (AvgIpc) is 3.14. The minimum Gasteiger partial charge on any atom is -0.334 e. The second-order valence-corrected chi connectivity index (χ2v) is 8.19. The zero-order chi connectivity index (χ0) is 20.6. The molecule has 150 valence electrons. The molecule has 4 aromatic rings. The molecule has 1 saturated carbocycles. The van der Waals surface area contributed by atoms with Gasteiger partial charge in [0.15, 0.2) is 5.82 Å². The number of hydrogen-bond acceptors (Lipinski definition) is 5. The molecule has 2 atom stereocenters. The molecule has 1 aliphatic carbocycles. The van der Waals surface area contributed by atoms with Crippen LogP contribution in [0.5, 0.6) is 0 Å². The average molecular weight is 406 g/mol. The summed E-state index contributed by atoms with van der Waals surface area (Å²) in [7, 11) is 0. The molecule has 2 N–H and O–H groups in total. The van der Waals surface area contributed by atoms with Gasteiger partial charge in [-0.1, -0.05) is 30.3 Å². The molecular formula is C24H18N6O. The molecule has 4 heterocycles. The molecule has 1 spiro atoms. The summed E-state index contributed by atoms with van der Waals surface area (Å²) < 4.78 is 2.06. The molecule has 0 radical (unpaired) electrons. The summed E-state index contributed by atoms with van der Waals surface area (Å²) in [5.41, 5.74) is 10.7. The van der Waals surface area contributed by atoms with Crippen molar-refractivity contribution in [3.8, 4) is 0 Å². The summed E-state index contributed by atoms with van der Waals surface area (Å²) in [6, 6.07) is 19.8. The highest BCUT2D eigenvalue weighted by molar-refractivity contribution is 6.45. The van der Waals surface area contributed by atoms with Crippen molar-refractivity contribution in [3.05, 3.63) is 79.1 Å². The zero-order valence-electron chi connectivity index (χ0n) is 16.5.